The predicted octanol–water partition coefficient (Wildman–Crippen LogP) is 4.87. The first-order chi connectivity index (χ1) is 14.1. The van der Waals surface area contributed by atoms with Gasteiger partial charge in [0.15, 0.2) is 0 Å². The zero-order valence-corrected chi connectivity index (χ0v) is 17.8. The summed E-state index contributed by atoms with van der Waals surface area (Å²) in [5.41, 5.74) is 5.21. The van der Waals surface area contributed by atoms with Crippen LogP contribution in [-0.2, 0) is 17.6 Å². The molecule has 1 aliphatic carbocycles. The molecule has 5 rings (SSSR count). The quantitative estimate of drug-likeness (QED) is 0.610. The number of ether oxygens (including phenoxy) is 1. The van der Waals surface area contributed by atoms with E-state index in [0.717, 1.165) is 40.1 Å². The van der Waals surface area contributed by atoms with Crippen molar-refractivity contribution < 1.29 is 9.53 Å². The zero-order valence-electron chi connectivity index (χ0n) is 17.0. The highest BCUT2D eigenvalue weighted by molar-refractivity contribution is 7.19. The van der Waals surface area contributed by atoms with Crippen LogP contribution in [0.4, 0.5) is 0 Å². The van der Waals surface area contributed by atoms with E-state index in [-0.39, 0.29) is 5.91 Å². The van der Waals surface area contributed by atoms with E-state index >= 15 is 0 Å². The number of nitrogens with zero attached hydrogens (tertiary/aromatic N) is 2. The van der Waals surface area contributed by atoms with Crippen LogP contribution in [0.15, 0.2) is 30.3 Å². The van der Waals surface area contributed by atoms with Crippen LogP contribution in [0.1, 0.15) is 39.8 Å². The second-order valence-electron chi connectivity index (χ2n) is 8.25. The van der Waals surface area contributed by atoms with Gasteiger partial charge in [0.05, 0.1) is 24.5 Å². The molecule has 2 aromatic heterocycles. The average molecular weight is 407 g/mol. The predicted molar refractivity (Wildman–Crippen MR) is 118 cm³/mol. The van der Waals surface area contributed by atoms with Crippen LogP contribution in [0.5, 0.6) is 0 Å². The normalized spacial score (nSPS) is 19.4. The van der Waals surface area contributed by atoms with Crippen LogP contribution in [0.3, 0.4) is 0 Å². The number of pyridine rings is 1. The molecule has 1 aliphatic heterocycles. The summed E-state index contributed by atoms with van der Waals surface area (Å²) in [6, 6.07) is 10.4. The van der Waals surface area contributed by atoms with Gasteiger partial charge in [0.1, 0.15) is 4.83 Å². The number of fused-ring (bicyclic) bond motifs is 3. The van der Waals surface area contributed by atoms with Crippen LogP contribution < -0.4 is 0 Å². The molecule has 1 aromatic carbocycles. The Labute approximate surface area is 175 Å². The highest BCUT2D eigenvalue weighted by Gasteiger charge is 2.30. The van der Waals surface area contributed by atoms with Crippen molar-refractivity contribution in [2.24, 2.45) is 5.92 Å². The lowest BCUT2D eigenvalue weighted by molar-refractivity contribution is 0.0302. The number of aryl methyl sites for hydroxylation is 2. The SMILES string of the molecule is Cc1nc2sc3c(c2c(-c2ccccc2)c1C(=O)N1CCOCC1)CC[C@H](C)C3. The van der Waals surface area contributed by atoms with E-state index in [2.05, 4.69) is 31.2 Å². The summed E-state index contributed by atoms with van der Waals surface area (Å²) in [5, 5.41) is 1.21. The van der Waals surface area contributed by atoms with Crippen molar-refractivity contribution in [2.45, 2.75) is 33.1 Å². The summed E-state index contributed by atoms with van der Waals surface area (Å²) >= 11 is 1.83. The number of aromatic nitrogens is 1. The molecule has 0 bridgehead atoms. The smallest absolute Gasteiger partial charge is 0.256 e. The first kappa shape index (κ1) is 18.8. The maximum absolute atomic E-state index is 13.6. The third kappa shape index (κ3) is 3.26. The van der Waals surface area contributed by atoms with Gasteiger partial charge >= 0.3 is 0 Å². The minimum absolute atomic E-state index is 0.0863. The van der Waals surface area contributed by atoms with Gasteiger partial charge < -0.3 is 9.64 Å². The zero-order chi connectivity index (χ0) is 20.0. The Kier molecular flexibility index (Phi) is 4.88. The van der Waals surface area contributed by atoms with Crippen molar-refractivity contribution in [1.82, 2.24) is 9.88 Å². The van der Waals surface area contributed by atoms with Gasteiger partial charge in [0.2, 0.25) is 0 Å². The number of hydrogen-bond donors (Lipinski definition) is 0. The number of carbonyl (C=O) groups excluding carboxylic acids is 1. The fourth-order valence-electron chi connectivity index (χ4n) is 4.67. The van der Waals surface area contributed by atoms with E-state index in [9.17, 15) is 4.79 Å². The van der Waals surface area contributed by atoms with Gasteiger partial charge in [-0.05, 0) is 43.2 Å². The number of hydrogen-bond acceptors (Lipinski definition) is 4. The van der Waals surface area contributed by atoms with E-state index in [0.29, 0.717) is 32.2 Å². The van der Waals surface area contributed by atoms with Gasteiger partial charge in [0.25, 0.3) is 5.91 Å². The van der Waals surface area contributed by atoms with Crippen molar-refractivity contribution in [3.63, 3.8) is 0 Å². The molecular weight excluding hydrogens is 380 g/mol. The lowest BCUT2D eigenvalue weighted by Crippen LogP contribution is -2.41. The second-order valence-corrected chi connectivity index (χ2v) is 9.33. The Hall–Kier alpha value is -2.24. The van der Waals surface area contributed by atoms with Crippen LogP contribution in [0, 0.1) is 12.8 Å². The molecule has 2 aliphatic rings. The molecule has 29 heavy (non-hydrogen) atoms. The van der Waals surface area contributed by atoms with Crippen LogP contribution in [-0.4, -0.2) is 42.1 Å². The second kappa shape index (κ2) is 7.54. The molecule has 0 spiro atoms. The maximum Gasteiger partial charge on any atom is 0.256 e. The standard InChI is InChI=1S/C24H26N2O2S/c1-15-8-9-18-19(14-15)29-23-22(18)21(17-6-4-3-5-7-17)20(16(2)25-23)24(27)26-10-12-28-13-11-26/h3-7,15H,8-14H2,1-2H3/t15-/m0/s1. The first-order valence-electron chi connectivity index (χ1n) is 10.5. The summed E-state index contributed by atoms with van der Waals surface area (Å²) < 4.78 is 5.47. The number of morpholine rings is 1. The molecule has 1 atom stereocenters. The molecule has 1 fully saturated rings. The number of rotatable bonds is 2. The van der Waals surface area contributed by atoms with E-state index in [1.54, 1.807) is 0 Å². The third-order valence-corrected chi connectivity index (χ3v) is 7.35. The molecule has 4 nitrogen and oxygen atoms in total. The number of amides is 1. The largest absolute Gasteiger partial charge is 0.378 e. The summed E-state index contributed by atoms with van der Waals surface area (Å²) in [7, 11) is 0. The Balaban J connectivity index is 1.78. The van der Waals surface area contributed by atoms with Gasteiger partial charge in [0, 0.05) is 28.9 Å². The molecule has 0 radical (unpaired) electrons. The first-order valence-corrected chi connectivity index (χ1v) is 11.3. The lowest BCUT2D eigenvalue weighted by Gasteiger charge is -2.28. The monoisotopic (exact) mass is 406 g/mol. The average Bonchev–Trinajstić information content (AvgIpc) is 3.10. The Bertz CT molecular complexity index is 1070. The Morgan fingerprint density at radius 1 is 1.21 bits per heavy atom. The molecule has 1 amide bonds. The maximum atomic E-state index is 13.6. The van der Waals surface area contributed by atoms with Crippen molar-refractivity contribution in [3.05, 3.63) is 52.0 Å². The van der Waals surface area contributed by atoms with Crippen molar-refractivity contribution in [2.75, 3.05) is 26.3 Å². The van der Waals surface area contributed by atoms with Crippen molar-refractivity contribution in [1.29, 1.82) is 0 Å². The Morgan fingerprint density at radius 3 is 2.72 bits per heavy atom. The number of benzene rings is 1. The van der Waals surface area contributed by atoms with Gasteiger partial charge in [-0.25, -0.2) is 4.98 Å². The lowest BCUT2D eigenvalue weighted by atomic mass is 9.86. The summed E-state index contributed by atoms with van der Waals surface area (Å²) in [6.07, 6.45) is 3.40. The van der Waals surface area contributed by atoms with E-state index < -0.39 is 0 Å². The molecule has 3 heterocycles. The van der Waals surface area contributed by atoms with Crippen molar-refractivity contribution in [3.8, 4) is 11.1 Å². The van der Waals surface area contributed by atoms with Crippen molar-refractivity contribution >= 4 is 27.5 Å². The molecule has 5 heteroatoms. The van der Waals surface area contributed by atoms with Gasteiger partial charge in [-0.15, -0.1) is 11.3 Å². The highest BCUT2D eigenvalue weighted by Crippen LogP contribution is 2.44. The molecule has 1 saturated heterocycles. The molecule has 0 unspecified atom stereocenters. The molecule has 0 N–H and O–H groups in total. The molecule has 150 valence electrons. The molecule has 3 aromatic rings. The number of carbonyl (C=O) groups is 1. The topological polar surface area (TPSA) is 42.4 Å². The van der Waals surface area contributed by atoms with E-state index in [4.69, 9.17) is 9.72 Å². The minimum Gasteiger partial charge on any atom is -0.378 e. The highest BCUT2D eigenvalue weighted by atomic mass is 32.1. The van der Waals surface area contributed by atoms with E-state index in [1.165, 1.54) is 22.2 Å². The van der Waals surface area contributed by atoms with Gasteiger partial charge in [-0.3, -0.25) is 4.79 Å². The summed E-state index contributed by atoms with van der Waals surface area (Å²) in [6.45, 7) is 6.81. The fraction of sp³-hybridized carbons (Fsp3) is 0.417. The molecule has 0 saturated carbocycles. The third-order valence-electron chi connectivity index (χ3n) is 6.20. The summed E-state index contributed by atoms with van der Waals surface area (Å²) in [4.78, 5) is 23.0. The number of thiophene rings is 1. The van der Waals surface area contributed by atoms with Gasteiger partial charge in [-0.2, -0.15) is 0 Å². The van der Waals surface area contributed by atoms with Crippen LogP contribution in [0.2, 0.25) is 0 Å². The van der Waals surface area contributed by atoms with E-state index in [1.807, 2.05) is 29.2 Å². The Morgan fingerprint density at radius 2 is 1.97 bits per heavy atom. The van der Waals surface area contributed by atoms with Crippen LogP contribution >= 0.6 is 11.3 Å². The summed E-state index contributed by atoms with van der Waals surface area (Å²) in [5.74, 6) is 0.800. The van der Waals surface area contributed by atoms with Crippen LogP contribution in [0.25, 0.3) is 21.3 Å². The van der Waals surface area contributed by atoms with Gasteiger partial charge in [-0.1, -0.05) is 37.3 Å². The molecular formula is C24H26N2O2S. The fourth-order valence-corrected chi connectivity index (χ4v) is 6.11. The minimum atomic E-state index is 0.0863.